The fourth-order valence-electron chi connectivity index (χ4n) is 1.51. The molecular weight excluding hydrogens is 148 g/mol. The topological polar surface area (TPSA) is 24.1 Å². The van der Waals surface area contributed by atoms with Crippen LogP contribution in [-0.4, -0.2) is 25.7 Å². The van der Waals surface area contributed by atoms with Crippen molar-refractivity contribution in [2.75, 3.05) is 19.6 Å². The van der Waals surface area contributed by atoms with Crippen LogP contribution in [0.2, 0.25) is 0 Å². The zero-order valence-corrected chi connectivity index (χ0v) is 6.91. The second-order valence-electron chi connectivity index (χ2n) is 3.10. The highest BCUT2D eigenvalue weighted by atomic mass is 35.5. The largest absolute Gasteiger partial charge is 0.314 e. The first-order valence-electron chi connectivity index (χ1n) is 3.91. The molecule has 3 heteroatoms. The lowest BCUT2D eigenvalue weighted by atomic mass is 10.1. The molecule has 0 aromatic heterocycles. The van der Waals surface area contributed by atoms with Gasteiger partial charge in [0.25, 0.3) is 0 Å². The number of hydrogen-bond donors (Lipinski definition) is 2. The molecule has 0 aromatic rings. The monoisotopic (exact) mass is 162 g/mol. The average Bonchev–Trinajstić information content (AvgIpc) is 2.71. The smallest absolute Gasteiger partial charge is 0.0221 e. The van der Waals surface area contributed by atoms with Crippen LogP contribution in [0.1, 0.15) is 12.8 Å². The molecule has 2 N–H and O–H groups in total. The van der Waals surface area contributed by atoms with E-state index >= 15 is 0 Å². The summed E-state index contributed by atoms with van der Waals surface area (Å²) in [6, 6.07) is 0.804. The Bertz CT molecular complexity index is 97.8. The van der Waals surface area contributed by atoms with Crippen molar-refractivity contribution in [3.05, 3.63) is 0 Å². The minimum atomic E-state index is 0. The van der Waals surface area contributed by atoms with Crippen LogP contribution in [0.5, 0.6) is 0 Å². The second kappa shape index (κ2) is 3.56. The Hall–Kier alpha value is 0.210. The molecule has 0 spiro atoms. The van der Waals surface area contributed by atoms with Gasteiger partial charge >= 0.3 is 0 Å². The molecule has 1 aliphatic heterocycles. The summed E-state index contributed by atoms with van der Waals surface area (Å²) in [4.78, 5) is 0. The lowest BCUT2D eigenvalue weighted by molar-refractivity contribution is 0.385. The number of rotatable bonds is 1. The molecule has 2 nitrogen and oxygen atoms in total. The van der Waals surface area contributed by atoms with Gasteiger partial charge < -0.3 is 10.6 Å². The maximum Gasteiger partial charge on any atom is 0.0221 e. The minimum Gasteiger partial charge on any atom is -0.314 e. The molecule has 0 aromatic carbocycles. The van der Waals surface area contributed by atoms with Gasteiger partial charge in [0.15, 0.2) is 0 Å². The third-order valence-electron chi connectivity index (χ3n) is 2.26. The van der Waals surface area contributed by atoms with Crippen molar-refractivity contribution in [1.82, 2.24) is 10.6 Å². The Morgan fingerprint density at radius 2 is 1.90 bits per heavy atom. The summed E-state index contributed by atoms with van der Waals surface area (Å²) < 4.78 is 0. The van der Waals surface area contributed by atoms with E-state index in [1.165, 1.54) is 25.9 Å². The highest BCUT2D eigenvalue weighted by Gasteiger charge is 2.31. The fourth-order valence-corrected chi connectivity index (χ4v) is 1.51. The van der Waals surface area contributed by atoms with Crippen LogP contribution in [0.15, 0.2) is 0 Å². The van der Waals surface area contributed by atoms with Gasteiger partial charge in [-0.2, -0.15) is 0 Å². The Labute approximate surface area is 68.2 Å². The Morgan fingerprint density at radius 3 is 2.40 bits per heavy atom. The predicted octanol–water partition coefficient (Wildman–Crippen LogP) is 0.380. The van der Waals surface area contributed by atoms with Crippen molar-refractivity contribution >= 4 is 12.4 Å². The molecule has 60 valence electrons. The van der Waals surface area contributed by atoms with Crippen LogP contribution >= 0.6 is 12.4 Å². The summed E-state index contributed by atoms with van der Waals surface area (Å²) in [5.74, 6) is 1.01. The maximum absolute atomic E-state index is 3.52. The van der Waals surface area contributed by atoms with Crippen LogP contribution in [0.3, 0.4) is 0 Å². The summed E-state index contributed by atoms with van der Waals surface area (Å²) >= 11 is 0. The molecule has 2 aliphatic rings. The average molecular weight is 163 g/mol. The van der Waals surface area contributed by atoms with E-state index < -0.39 is 0 Å². The SMILES string of the molecule is C1CNC(C2CC2)CN1.Cl. The zero-order chi connectivity index (χ0) is 6.10. The molecule has 0 amide bonds. The van der Waals surface area contributed by atoms with E-state index in [0.29, 0.717) is 0 Å². The minimum absolute atomic E-state index is 0. The van der Waals surface area contributed by atoms with E-state index in [1.807, 2.05) is 0 Å². The van der Waals surface area contributed by atoms with Gasteiger partial charge in [-0.05, 0) is 18.8 Å². The molecule has 1 unspecified atom stereocenters. The first kappa shape index (κ1) is 8.31. The summed E-state index contributed by atoms with van der Waals surface area (Å²) in [6.45, 7) is 3.52. The third kappa shape index (κ3) is 1.84. The Morgan fingerprint density at radius 1 is 1.10 bits per heavy atom. The van der Waals surface area contributed by atoms with Crippen molar-refractivity contribution < 1.29 is 0 Å². The molecule has 2 fully saturated rings. The number of nitrogens with one attached hydrogen (secondary N) is 2. The van der Waals surface area contributed by atoms with Gasteiger partial charge in [0.1, 0.15) is 0 Å². The lowest BCUT2D eigenvalue weighted by Crippen LogP contribution is -2.49. The van der Waals surface area contributed by atoms with Crippen molar-refractivity contribution in [2.45, 2.75) is 18.9 Å². The molecular formula is C7H15ClN2. The highest BCUT2D eigenvalue weighted by molar-refractivity contribution is 5.85. The third-order valence-corrected chi connectivity index (χ3v) is 2.26. The number of hydrogen-bond acceptors (Lipinski definition) is 2. The van der Waals surface area contributed by atoms with Gasteiger partial charge in [-0.3, -0.25) is 0 Å². The molecule has 1 saturated carbocycles. The van der Waals surface area contributed by atoms with Crippen LogP contribution in [0.4, 0.5) is 0 Å². The van der Waals surface area contributed by atoms with E-state index in [2.05, 4.69) is 10.6 Å². The van der Waals surface area contributed by atoms with Crippen LogP contribution in [0.25, 0.3) is 0 Å². The Kier molecular flexibility index (Phi) is 2.96. The van der Waals surface area contributed by atoms with Gasteiger partial charge in [-0.15, -0.1) is 12.4 Å². The number of piperazine rings is 1. The fraction of sp³-hybridized carbons (Fsp3) is 1.00. The second-order valence-corrected chi connectivity index (χ2v) is 3.10. The first-order valence-corrected chi connectivity index (χ1v) is 3.91. The highest BCUT2D eigenvalue weighted by Crippen LogP contribution is 2.32. The molecule has 2 rings (SSSR count). The van der Waals surface area contributed by atoms with Crippen molar-refractivity contribution in [1.29, 1.82) is 0 Å². The number of halogens is 1. The normalized spacial score (nSPS) is 33.0. The zero-order valence-electron chi connectivity index (χ0n) is 6.10. The Balaban J connectivity index is 0.000000500. The van der Waals surface area contributed by atoms with Crippen LogP contribution in [0, 0.1) is 5.92 Å². The maximum atomic E-state index is 3.52. The summed E-state index contributed by atoms with van der Waals surface area (Å²) in [5.41, 5.74) is 0. The van der Waals surface area contributed by atoms with Crippen LogP contribution < -0.4 is 10.6 Å². The standard InChI is InChI=1S/C7H14N2.ClH/c1-2-6(1)7-5-8-3-4-9-7;/h6-9H,1-5H2;1H. The van der Waals surface area contributed by atoms with Crippen molar-refractivity contribution in [3.63, 3.8) is 0 Å². The van der Waals surface area contributed by atoms with Gasteiger partial charge in [0, 0.05) is 25.7 Å². The summed E-state index contributed by atoms with van der Waals surface area (Å²) in [5, 5.41) is 6.91. The van der Waals surface area contributed by atoms with Gasteiger partial charge in [0.05, 0.1) is 0 Å². The van der Waals surface area contributed by atoms with Crippen LogP contribution in [-0.2, 0) is 0 Å². The quantitative estimate of drug-likeness (QED) is 0.583. The first-order chi connectivity index (χ1) is 4.47. The molecule has 1 aliphatic carbocycles. The molecule has 1 heterocycles. The van der Waals surface area contributed by atoms with E-state index in [4.69, 9.17) is 0 Å². The molecule has 1 saturated heterocycles. The molecule has 10 heavy (non-hydrogen) atoms. The van der Waals surface area contributed by atoms with Crippen molar-refractivity contribution in [3.8, 4) is 0 Å². The summed E-state index contributed by atoms with van der Waals surface area (Å²) in [6.07, 6.45) is 2.92. The lowest BCUT2D eigenvalue weighted by Gasteiger charge is -2.23. The van der Waals surface area contributed by atoms with E-state index in [0.717, 1.165) is 18.5 Å². The molecule has 0 radical (unpaired) electrons. The predicted molar refractivity (Wildman–Crippen MR) is 44.6 cm³/mol. The van der Waals surface area contributed by atoms with Gasteiger partial charge in [-0.1, -0.05) is 0 Å². The molecule has 0 bridgehead atoms. The van der Waals surface area contributed by atoms with E-state index in [9.17, 15) is 0 Å². The van der Waals surface area contributed by atoms with Gasteiger partial charge in [0.2, 0.25) is 0 Å². The van der Waals surface area contributed by atoms with Crippen molar-refractivity contribution in [2.24, 2.45) is 5.92 Å². The van der Waals surface area contributed by atoms with Gasteiger partial charge in [-0.25, -0.2) is 0 Å². The summed E-state index contributed by atoms with van der Waals surface area (Å²) in [7, 11) is 0. The van der Waals surface area contributed by atoms with E-state index in [-0.39, 0.29) is 12.4 Å². The molecule has 1 atom stereocenters. The van der Waals surface area contributed by atoms with E-state index in [1.54, 1.807) is 0 Å².